The molecule has 2 N–H and O–H groups in total. The number of hydrogen-bond acceptors (Lipinski definition) is 4. The van der Waals surface area contributed by atoms with Crippen LogP contribution in [0.25, 0.3) is 0 Å². The van der Waals surface area contributed by atoms with Crippen molar-refractivity contribution < 1.29 is 19.1 Å². The summed E-state index contributed by atoms with van der Waals surface area (Å²) in [6.45, 7) is 4.15. The first-order valence-corrected chi connectivity index (χ1v) is 10.2. The molecular weight excluding hydrogens is 356 g/mol. The van der Waals surface area contributed by atoms with E-state index in [9.17, 15) is 14.4 Å². The second kappa shape index (κ2) is 13.7. The van der Waals surface area contributed by atoms with Gasteiger partial charge in [0.2, 0.25) is 11.8 Å². The lowest BCUT2D eigenvalue weighted by Gasteiger charge is -2.17. The number of benzene rings is 1. The van der Waals surface area contributed by atoms with Crippen LogP contribution in [0.3, 0.4) is 0 Å². The Morgan fingerprint density at radius 2 is 1.61 bits per heavy atom. The maximum atomic E-state index is 12.2. The van der Waals surface area contributed by atoms with Gasteiger partial charge in [-0.05, 0) is 18.9 Å². The number of carbonyl (C=O) groups is 3. The second-order valence-corrected chi connectivity index (χ2v) is 7.15. The molecule has 0 fully saturated rings. The van der Waals surface area contributed by atoms with Gasteiger partial charge in [-0.1, -0.05) is 62.9 Å². The molecule has 0 aliphatic heterocycles. The maximum Gasteiger partial charge on any atom is 0.328 e. The Bertz CT molecular complexity index is 604. The van der Waals surface area contributed by atoms with Gasteiger partial charge in [-0.15, -0.1) is 0 Å². The Balaban J connectivity index is 2.39. The summed E-state index contributed by atoms with van der Waals surface area (Å²) in [5.41, 5.74) is 0.924. The molecule has 0 bridgehead atoms. The van der Waals surface area contributed by atoms with E-state index in [1.807, 2.05) is 37.3 Å². The van der Waals surface area contributed by atoms with Crippen molar-refractivity contribution >= 4 is 17.8 Å². The molecule has 0 aliphatic rings. The summed E-state index contributed by atoms with van der Waals surface area (Å²) in [6.07, 6.45) is 6.10. The van der Waals surface area contributed by atoms with Crippen LogP contribution in [0.4, 0.5) is 0 Å². The Kier molecular flexibility index (Phi) is 11.6. The van der Waals surface area contributed by atoms with E-state index in [0.717, 1.165) is 18.4 Å². The first-order chi connectivity index (χ1) is 13.5. The number of rotatable bonds is 13. The van der Waals surface area contributed by atoms with Crippen LogP contribution in [0.15, 0.2) is 30.3 Å². The lowest BCUT2D eigenvalue weighted by Crippen LogP contribution is -2.43. The summed E-state index contributed by atoms with van der Waals surface area (Å²) in [5, 5.41) is 5.61. The highest BCUT2D eigenvalue weighted by Crippen LogP contribution is 2.07. The number of amides is 2. The van der Waals surface area contributed by atoms with Crippen molar-refractivity contribution in [3.8, 4) is 0 Å². The molecule has 6 heteroatoms. The minimum Gasteiger partial charge on any atom is -0.467 e. The SMILES string of the molecule is CCCCCC[C@H](C)NC(=O)CCC(=O)N[C@H](Cc1ccccc1)C(=O)OC. The Morgan fingerprint density at radius 3 is 2.21 bits per heavy atom. The van der Waals surface area contributed by atoms with Crippen molar-refractivity contribution in [3.05, 3.63) is 35.9 Å². The Morgan fingerprint density at radius 1 is 0.964 bits per heavy atom. The lowest BCUT2D eigenvalue weighted by molar-refractivity contribution is -0.145. The van der Waals surface area contributed by atoms with Crippen LogP contribution < -0.4 is 10.6 Å². The van der Waals surface area contributed by atoms with Gasteiger partial charge in [-0.25, -0.2) is 4.79 Å². The van der Waals surface area contributed by atoms with Crippen LogP contribution in [0.2, 0.25) is 0 Å². The average molecular weight is 391 g/mol. The number of esters is 1. The number of methoxy groups -OCH3 is 1. The molecule has 0 unspecified atom stereocenters. The van der Waals surface area contributed by atoms with Crippen LogP contribution in [0.5, 0.6) is 0 Å². The monoisotopic (exact) mass is 390 g/mol. The van der Waals surface area contributed by atoms with E-state index in [4.69, 9.17) is 4.74 Å². The van der Waals surface area contributed by atoms with E-state index in [-0.39, 0.29) is 30.7 Å². The minimum atomic E-state index is -0.763. The smallest absolute Gasteiger partial charge is 0.328 e. The fourth-order valence-corrected chi connectivity index (χ4v) is 2.98. The van der Waals surface area contributed by atoms with Crippen molar-refractivity contribution in [3.63, 3.8) is 0 Å². The van der Waals surface area contributed by atoms with Gasteiger partial charge in [0.05, 0.1) is 7.11 Å². The molecular formula is C22H34N2O4. The number of ether oxygens (including phenoxy) is 1. The van der Waals surface area contributed by atoms with E-state index in [1.54, 1.807) is 0 Å². The van der Waals surface area contributed by atoms with Gasteiger partial charge in [-0.3, -0.25) is 9.59 Å². The summed E-state index contributed by atoms with van der Waals surface area (Å²) in [6, 6.07) is 8.75. The van der Waals surface area contributed by atoms with Gasteiger partial charge < -0.3 is 15.4 Å². The first-order valence-electron chi connectivity index (χ1n) is 10.2. The van der Waals surface area contributed by atoms with Crippen molar-refractivity contribution in [1.82, 2.24) is 10.6 Å². The summed E-state index contributed by atoms with van der Waals surface area (Å²) < 4.78 is 4.79. The highest BCUT2D eigenvalue weighted by Gasteiger charge is 2.22. The number of carbonyl (C=O) groups excluding carboxylic acids is 3. The minimum absolute atomic E-state index is 0.0384. The summed E-state index contributed by atoms with van der Waals surface area (Å²) in [5.74, 6) is -0.977. The third-order valence-corrected chi connectivity index (χ3v) is 4.58. The normalized spacial score (nSPS) is 12.7. The lowest BCUT2D eigenvalue weighted by atomic mass is 10.1. The molecule has 0 saturated carbocycles. The van der Waals surface area contributed by atoms with E-state index < -0.39 is 12.0 Å². The molecule has 0 spiro atoms. The standard InChI is InChI=1S/C22H34N2O4/c1-4-5-6-8-11-17(2)23-20(25)14-15-21(26)24-19(22(27)28-3)16-18-12-9-7-10-13-18/h7,9-10,12-13,17,19H,4-6,8,11,14-16H2,1-3H3,(H,23,25)(H,24,26)/t17-,19+/m0/s1. The van der Waals surface area contributed by atoms with Gasteiger partial charge in [-0.2, -0.15) is 0 Å². The van der Waals surface area contributed by atoms with Crippen molar-refractivity contribution in [2.24, 2.45) is 0 Å². The second-order valence-electron chi connectivity index (χ2n) is 7.15. The number of hydrogen-bond donors (Lipinski definition) is 2. The summed E-state index contributed by atoms with van der Waals surface area (Å²) in [7, 11) is 1.29. The van der Waals surface area contributed by atoms with Crippen LogP contribution in [-0.2, 0) is 25.5 Å². The number of unbranched alkanes of at least 4 members (excludes halogenated alkanes) is 3. The van der Waals surface area contributed by atoms with Crippen molar-refractivity contribution in [1.29, 1.82) is 0 Å². The molecule has 0 aromatic heterocycles. The van der Waals surface area contributed by atoms with E-state index in [1.165, 1.54) is 26.4 Å². The fourth-order valence-electron chi connectivity index (χ4n) is 2.98. The third kappa shape index (κ3) is 10.1. The zero-order valence-corrected chi connectivity index (χ0v) is 17.3. The van der Waals surface area contributed by atoms with Crippen LogP contribution in [0.1, 0.15) is 64.4 Å². The van der Waals surface area contributed by atoms with Crippen molar-refractivity contribution in [2.75, 3.05) is 7.11 Å². The molecule has 6 nitrogen and oxygen atoms in total. The van der Waals surface area contributed by atoms with E-state index >= 15 is 0 Å². The molecule has 1 rings (SSSR count). The third-order valence-electron chi connectivity index (χ3n) is 4.58. The van der Waals surface area contributed by atoms with Gasteiger partial charge >= 0.3 is 5.97 Å². The molecule has 0 radical (unpaired) electrons. The van der Waals surface area contributed by atoms with Gasteiger partial charge in [0, 0.05) is 25.3 Å². The topological polar surface area (TPSA) is 84.5 Å². The molecule has 0 saturated heterocycles. The maximum absolute atomic E-state index is 12.2. The summed E-state index contributed by atoms with van der Waals surface area (Å²) in [4.78, 5) is 36.2. The average Bonchev–Trinajstić information content (AvgIpc) is 2.69. The van der Waals surface area contributed by atoms with Crippen LogP contribution in [0, 0.1) is 0 Å². The molecule has 0 aliphatic carbocycles. The molecule has 156 valence electrons. The Labute approximate surface area is 168 Å². The summed E-state index contributed by atoms with van der Waals surface area (Å²) >= 11 is 0. The van der Waals surface area contributed by atoms with Crippen LogP contribution in [-0.4, -0.2) is 37.0 Å². The van der Waals surface area contributed by atoms with Crippen molar-refractivity contribution in [2.45, 2.75) is 77.3 Å². The highest BCUT2D eigenvalue weighted by atomic mass is 16.5. The zero-order chi connectivity index (χ0) is 20.8. The quantitative estimate of drug-likeness (QED) is 0.400. The van der Waals surface area contributed by atoms with Gasteiger partial charge in [0.15, 0.2) is 0 Å². The molecule has 28 heavy (non-hydrogen) atoms. The molecule has 2 atom stereocenters. The molecule has 1 aromatic rings. The fraction of sp³-hybridized carbons (Fsp3) is 0.591. The van der Waals surface area contributed by atoms with Gasteiger partial charge in [0.1, 0.15) is 6.04 Å². The predicted molar refractivity (Wildman–Crippen MR) is 110 cm³/mol. The Hall–Kier alpha value is -2.37. The van der Waals surface area contributed by atoms with E-state index in [0.29, 0.717) is 6.42 Å². The predicted octanol–water partition coefficient (Wildman–Crippen LogP) is 3.14. The molecule has 0 heterocycles. The first kappa shape index (κ1) is 23.7. The molecule has 2 amide bonds. The highest BCUT2D eigenvalue weighted by molar-refractivity contribution is 5.87. The van der Waals surface area contributed by atoms with Gasteiger partial charge in [0.25, 0.3) is 0 Å². The van der Waals surface area contributed by atoms with Crippen LogP contribution >= 0.6 is 0 Å². The molecule has 1 aromatic carbocycles. The largest absolute Gasteiger partial charge is 0.467 e. The zero-order valence-electron chi connectivity index (χ0n) is 17.3. The van der Waals surface area contributed by atoms with E-state index in [2.05, 4.69) is 17.6 Å². The number of nitrogens with one attached hydrogen (secondary N) is 2.